The molecule has 0 saturated carbocycles. The molecule has 0 aliphatic heterocycles. The highest BCUT2D eigenvalue weighted by molar-refractivity contribution is 7.99. The lowest BCUT2D eigenvalue weighted by Gasteiger charge is -2.16. The van der Waals surface area contributed by atoms with Crippen molar-refractivity contribution >= 4 is 29.4 Å². The van der Waals surface area contributed by atoms with Crippen LogP contribution in [0.3, 0.4) is 0 Å². The van der Waals surface area contributed by atoms with Gasteiger partial charge in [-0.05, 0) is 37.2 Å². The molecule has 5 nitrogen and oxygen atoms in total. The molecule has 0 atom stereocenters. The molecule has 1 heterocycles. The summed E-state index contributed by atoms with van der Waals surface area (Å²) in [7, 11) is 2.06. The molecule has 29 heavy (non-hydrogen) atoms. The second-order valence-electron chi connectivity index (χ2n) is 6.65. The molecule has 0 fully saturated rings. The molecule has 0 spiro atoms. The van der Waals surface area contributed by atoms with Gasteiger partial charge in [-0.3, -0.25) is 9.47 Å². The number of aromatic nitrogens is 3. The standard InChI is InChI=1S/C22H25ClN4OS/c1-26(13-6-10-18-8-3-2-4-9-18)17-21-24-25-22(29-15-7-14-28)27(21)20-12-5-11-19(23)16-20/h2-6,8-12,16,28H,7,13-15,17H2,1H3/b10-6+. The smallest absolute Gasteiger partial charge is 0.195 e. The van der Waals surface area contributed by atoms with Crippen LogP contribution in [0.4, 0.5) is 0 Å². The molecule has 0 radical (unpaired) electrons. The number of thioether (sulfide) groups is 1. The van der Waals surface area contributed by atoms with E-state index in [0.717, 1.165) is 29.0 Å². The number of nitrogens with zero attached hydrogens (tertiary/aromatic N) is 4. The molecule has 2 aromatic carbocycles. The zero-order chi connectivity index (χ0) is 20.5. The van der Waals surface area contributed by atoms with Crippen molar-refractivity contribution in [3.05, 3.63) is 77.1 Å². The van der Waals surface area contributed by atoms with E-state index < -0.39 is 0 Å². The Bertz CT molecular complexity index is 930. The molecule has 152 valence electrons. The van der Waals surface area contributed by atoms with Crippen LogP contribution in [0.15, 0.2) is 65.8 Å². The van der Waals surface area contributed by atoms with Crippen molar-refractivity contribution in [2.75, 3.05) is 26.0 Å². The summed E-state index contributed by atoms with van der Waals surface area (Å²) in [5, 5.41) is 19.4. The molecular formula is C22H25ClN4OS. The maximum Gasteiger partial charge on any atom is 0.195 e. The normalized spacial score (nSPS) is 11.6. The van der Waals surface area contributed by atoms with Crippen LogP contribution in [0.5, 0.6) is 0 Å². The fourth-order valence-electron chi connectivity index (χ4n) is 2.84. The van der Waals surface area contributed by atoms with Crippen LogP contribution in [0.25, 0.3) is 11.8 Å². The van der Waals surface area contributed by atoms with Crippen LogP contribution in [0.1, 0.15) is 17.8 Å². The summed E-state index contributed by atoms with van der Waals surface area (Å²) in [5.74, 6) is 1.64. The molecule has 0 aliphatic carbocycles. The average molecular weight is 429 g/mol. The van der Waals surface area contributed by atoms with E-state index in [9.17, 15) is 0 Å². The number of rotatable bonds is 10. The van der Waals surface area contributed by atoms with Crippen molar-refractivity contribution in [2.45, 2.75) is 18.1 Å². The van der Waals surface area contributed by atoms with Gasteiger partial charge in [0.2, 0.25) is 0 Å². The number of aliphatic hydroxyl groups excluding tert-OH is 1. The maximum absolute atomic E-state index is 9.07. The van der Waals surface area contributed by atoms with Gasteiger partial charge in [0, 0.05) is 23.9 Å². The predicted molar refractivity (Wildman–Crippen MR) is 121 cm³/mol. The summed E-state index contributed by atoms with van der Waals surface area (Å²) in [6, 6.07) is 18.0. The third-order valence-corrected chi connectivity index (χ3v) is 5.49. The number of hydrogen-bond donors (Lipinski definition) is 1. The van der Waals surface area contributed by atoms with Gasteiger partial charge in [-0.1, -0.05) is 71.9 Å². The van der Waals surface area contributed by atoms with E-state index in [1.54, 1.807) is 11.8 Å². The highest BCUT2D eigenvalue weighted by Gasteiger charge is 2.16. The van der Waals surface area contributed by atoms with Gasteiger partial charge in [-0.2, -0.15) is 0 Å². The monoisotopic (exact) mass is 428 g/mol. The van der Waals surface area contributed by atoms with Gasteiger partial charge in [0.15, 0.2) is 11.0 Å². The lowest BCUT2D eigenvalue weighted by molar-refractivity contribution is 0.296. The van der Waals surface area contributed by atoms with E-state index >= 15 is 0 Å². The Labute approximate surface area is 181 Å². The van der Waals surface area contributed by atoms with Gasteiger partial charge in [0.05, 0.1) is 12.2 Å². The SMILES string of the molecule is CN(C/C=C/c1ccccc1)Cc1nnc(SCCCO)n1-c1cccc(Cl)c1. The molecule has 0 saturated heterocycles. The summed E-state index contributed by atoms with van der Waals surface area (Å²) < 4.78 is 2.05. The van der Waals surface area contributed by atoms with Crippen LogP contribution in [-0.2, 0) is 6.54 Å². The Morgan fingerprint density at radius 2 is 1.97 bits per heavy atom. The summed E-state index contributed by atoms with van der Waals surface area (Å²) in [6.45, 7) is 1.62. The van der Waals surface area contributed by atoms with Crippen LogP contribution < -0.4 is 0 Å². The lowest BCUT2D eigenvalue weighted by atomic mass is 10.2. The van der Waals surface area contributed by atoms with Gasteiger partial charge < -0.3 is 5.11 Å². The van der Waals surface area contributed by atoms with Crippen LogP contribution in [-0.4, -0.2) is 50.7 Å². The minimum absolute atomic E-state index is 0.168. The molecule has 3 aromatic rings. The zero-order valence-electron chi connectivity index (χ0n) is 16.4. The molecule has 0 unspecified atom stereocenters. The van der Waals surface area contributed by atoms with Gasteiger partial charge in [0.25, 0.3) is 0 Å². The fourth-order valence-corrected chi connectivity index (χ4v) is 3.92. The van der Waals surface area contributed by atoms with E-state index in [2.05, 4.69) is 46.4 Å². The molecule has 1 aromatic heterocycles. The van der Waals surface area contributed by atoms with E-state index in [4.69, 9.17) is 16.7 Å². The van der Waals surface area contributed by atoms with E-state index in [-0.39, 0.29) is 6.61 Å². The molecule has 0 aliphatic rings. The topological polar surface area (TPSA) is 54.2 Å². The zero-order valence-corrected chi connectivity index (χ0v) is 18.0. The van der Waals surface area contributed by atoms with Crippen molar-refractivity contribution in [1.82, 2.24) is 19.7 Å². The van der Waals surface area contributed by atoms with Crippen molar-refractivity contribution < 1.29 is 5.11 Å². The number of halogens is 1. The van der Waals surface area contributed by atoms with Crippen LogP contribution in [0, 0.1) is 0 Å². The first-order valence-electron chi connectivity index (χ1n) is 9.51. The average Bonchev–Trinajstić information content (AvgIpc) is 3.11. The summed E-state index contributed by atoms with van der Waals surface area (Å²) in [5.41, 5.74) is 2.13. The predicted octanol–water partition coefficient (Wildman–Crippen LogP) is 4.54. The van der Waals surface area contributed by atoms with E-state index in [1.165, 1.54) is 5.56 Å². The number of hydrogen-bond acceptors (Lipinski definition) is 5. The highest BCUT2D eigenvalue weighted by Crippen LogP contribution is 2.25. The van der Waals surface area contributed by atoms with Gasteiger partial charge >= 0.3 is 0 Å². The summed E-state index contributed by atoms with van der Waals surface area (Å²) in [4.78, 5) is 2.19. The molecule has 0 bridgehead atoms. The molecule has 3 rings (SSSR count). The maximum atomic E-state index is 9.07. The number of benzene rings is 2. The van der Waals surface area contributed by atoms with E-state index in [1.807, 2.05) is 47.0 Å². The van der Waals surface area contributed by atoms with Gasteiger partial charge in [-0.15, -0.1) is 10.2 Å². The fraction of sp³-hybridized carbons (Fsp3) is 0.273. The summed E-state index contributed by atoms with van der Waals surface area (Å²) >= 11 is 7.80. The quantitative estimate of drug-likeness (QED) is 0.379. The van der Waals surface area contributed by atoms with Gasteiger partial charge in [-0.25, -0.2) is 0 Å². The third kappa shape index (κ3) is 6.44. The highest BCUT2D eigenvalue weighted by atomic mass is 35.5. The number of likely N-dealkylation sites (N-methyl/N-ethyl adjacent to an activating group) is 1. The minimum atomic E-state index is 0.168. The Balaban J connectivity index is 1.74. The summed E-state index contributed by atoms with van der Waals surface area (Å²) in [6.07, 6.45) is 4.98. The lowest BCUT2D eigenvalue weighted by Crippen LogP contribution is -2.20. The molecule has 7 heteroatoms. The Hall–Kier alpha value is -2.12. The van der Waals surface area contributed by atoms with Crippen molar-refractivity contribution in [3.63, 3.8) is 0 Å². The van der Waals surface area contributed by atoms with Crippen LogP contribution >= 0.6 is 23.4 Å². The van der Waals surface area contributed by atoms with Crippen LogP contribution in [0.2, 0.25) is 5.02 Å². The van der Waals surface area contributed by atoms with Crippen molar-refractivity contribution in [2.24, 2.45) is 0 Å². The Morgan fingerprint density at radius 3 is 2.72 bits per heavy atom. The van der Waals surface area contributed by atoms with Crippen molar-refractivity contribution in [3.8, 4) is 5.69 Å². The second-order valence-corrected chi connectivity index (χ2v) is 8.15. The first-order chi connectivity index (χ1) is 14.2. The van der Waals surface area contributed by atoms with E-state index in [0.29, 0.717) is 18.0 Å². The second kappa shape index (κ2) is 11.2. The molecular weight excluding hydrogens is 404 g/mol. The number of aliphatic hydroxyl groups is 1. The van der Waals surface area contributed by atoms with Gasteiger partial charge in [0.1, 0.15) is 0 Å². The Morgan fingerprint density at radius 1 is 1.14 bits per heavy atom. The largest absolute Gasteiger partial charge is 0.396 e. The molecule has 0 amide bonds. The first kappa shape index (κ1) is 21.6. The first-order valence-corrected chi connectivity index (χ1v) is 10.9. The third-order valence-electron chi connectivity index (χ3n) is 4.24. The Kier molecular flexibility index (Phi) is 8.31. The van der Waals surface area contributed by atoms with Crippen molar-refractivity contribution in [1.29, 1.82) is 0 Å². The minimum Gasteiger partial charge on any atom is -0.396 e. The molecule has 1 N–H and O–H groups in total.